The van der Waals surface area contributed by atoms with Crippen LogP contribution in [0.1, 0.15) is 18.4 Å². The number of non-ortho nitro benzene ring substituents is 1. The number of thioether (sulfide) groups is 1. The van der Waals surface area contributed by atoms with E-state index < -0.39 is 11.0 Å². The summed E-state index contributed by atoms with van der Waals surface area (Å²) >= 11 is 6.16. The molecular formula is C22H33N5O6S2. The van der Waals surface area contributed by atoms with Crippen molar-refractivity contribution in [1.29, 1.82) is 0 Å². The molecule has 2 saturated heterocycles. The number of nitrogens with one attached hydrogen (secondary N) is 1. The number of nitrogens with zero attached hydrogens (tertiary/aromatic N) is 4. The van der Waals surface area contributed by atoms with Crippen molar-refractivity contribution < 1.29 is 24.4 Å². The fourth-order valence-electron chi connectivity index (χ4n) is 4.14. The van der Waals surface area contributed by atoms with Crippen LogP contribution < -0.4 is 5.32 Å². The van der Waals surface area contributed by atoms with Gasteiger partial charge >= 0.3 is 6.09 Å². The highest BCUT2D eigenvalue weighted by Gasteiger charge is 2.34. The Morgan fingerprint density at radius 2 is 2.00 bits per heavy atom. The van der Waals surface area contributed by atoms with Gasteiger partial charge in [0.05, 0.1) is 18.1 Å². The molecule has 13 heteroatoms. The fraction of sp³-hybridized carbons (Fsp3) is 0.636. The lowest BCUT2D eigenvalue weighted by molar-refractivity contribution is -0.384. The number of piperazine rings is 1. The number of ether oxygens (including phenoxy) is 1. The lowest BCUT2D eigenvalue weighted by Gasteiger charge is -2.37. The molecule has 11 nitrogen and oxygen atoms in total. The highest BCUT2D eigenvalue weighted by molar-refractivity contribution is 7.99. The van der Waals surface area contributed by atoms with E-state index in [2.05, 4.69) is 17.9 Å². The van der Waals surface area contributed by atoms with E-state index in [1.165, 1.54) is 12.1 Å². The predicted octanol–water partition coefficient (Wildman–Crippen LogP) is 1.37. The number of carbonyl (C=O) groups excluding carboxylic acids is 2. The maximum Gasteiger partial charge on any atom is 0.410 e. The summed E-state index contributed by atoms with van der Waals surface area (Å²) in [6.07, 6.45) is 0.666. The zero-order valence-electron chi connectivity index (χ0n) is 19.6. The van der Waals surface area contributed by atoms with Crippen LogP contribution in [0.5, 0.6) is 0 Å². The van der Waals surface area contributed by atoms with Gasteiger partial charge in [-0.2, -0.15) is 24.4 Å². The molecule has 0 aliphatic carbocycles. The highest BCUT2D eigenvalue weighted by Crippen LogP contribution is 2.26. The number of aliphatic hydroxyl groups is 1. The van der Waals surface area contributed by atoms with Crippen molar-refractivity contribution in [1.82, 2.24) is 20.2 Å². The Hall–Kier alpha value is -2.06. The number of hydrogen-bond acceptors (Lipinski definition) is 10. The summed E-state index contributed by atoms with van der Waals surface area (Å²) in [5, 5.41) is 27.1. The number of amides is 2. The SMILES string of the molecule is O=C(OCc1ccc([N+](=O)[O-])cc1)N1C[C@@H](S)C[C@H]1CSCCC(=O)N(CCO)N1CCNCC1. The zero-order chi connectivity index (χ0) is 25.2. The second-order valence-corrected chi connectivity index (χ2v) is 10.3. The number of hydrazine groups is 1. The minimum atomic E-state index is -0.474. The summed E-state index contributed by atoms with van der Waals surface area (Å²) in [7, 11) is 0. The number of likely N-dealkylation sites (tertiary alicyclic amines) is 1. The molecule has 2 aliphatic heterocycles. The van der Waals surface area contributed by atoms with Gasteiger partial charge in [-0.05, 0) is 24.1 Å². The summed E-state index contributed by atoms with van der Waals surface area (Å²) in [6.45, 7) is 3.83. The highest BCUT2D eigenvalue weighted by atomic mass is 32.2. The number of benzene rings is 1. The smallest absolute Gasteiger partial charge is 0.410 e. The fourth-order valence-corrected chi connectivity index (χ4v) is 5.63. The van der Waals surface area contributed by atoms with Crippen LogP contribution in [0.25, 0.3) is 0 Å². The Kier molecular flexibility index (Phi) is 10.9. The Morgan fingerprint density at radius 3 is 2.66 bits per heavy atom. The first-order chi connectivity index (χ1) is 16.9. The molecule has 0 saturated carbocycles. The Labute approximate surface area is 214 Å². The monoisotopic (exact) mass is 527 g/mol. The molecule has 2 heterocycles. The maximum absolute atomic E-state index is 12.7. The molecule has 1 aromatic carbocycles. The molecule has 2 aliphatic rings. The van der Waals surface area contributed by atoms with E-state index in [4.69, 9.17) is 4.74 Å². The van der Waals surface area contributed by atoms with Gasteiger partial charge in [-0.3, -0.25) is 19.9 Å². The molecule has 0 radical (unpaired) electrons. The van der Waals surface area contributed by atoms with Crippen LogP contribution in [-0.4, -0.2) is 106 Å². The number of carbonyl (C=O) groups is 2. The van der Waals surface area contributed by atoms with E-state index in [0.29, 0.717) is 36.6 Å². The first kappa shape index (κ1) is 27.5. The first-order valence-electron chi connectivity index (χ1n) is 11.7. The lowest BCUT2D eigenvalue weighted by Crippen LogP contribution is -2.55. The largest absolute Gasteiger partial charge is 0.445 e. The van der Waals surface area contributed by atoms with Crippen LogP contribution in [0.2, 0.25) is 0 Å². The number of hydrogen-bond donors (Lipinski definition) is 3. The molecule has 194 valence electrons. The molecule has 2 N–H and O–H groups in total. The van der Waals surface area contributed by atoms with E-state index >= 15 is 0 Å². The van der Waals surface area contributed by atoms with E-state index in [1.54, 1.807) is 33.8 Å². The van der Waals surface area contributed by atoms with Gasteiger partial charge in [-0.1, -0.05) is 0 Å². The maximum atomic E-state index is 12.7. The van der Waals surface area contributed by atoms with Crippen LogP contribution >= 0.6 is 24.4 Å². The van der Waals surface area contributed by atoms with Gasteiger partial charge in [0.1, 0.15) is 6.61 Å². The molecule has 35 heavy (non-hydrogen) atoms. The molecule has 2 atom stereocenters. The second kappa shape index (κ2) is 13.9. The minimum absolute atomic E-state index is 0.00805. The summed E-state index contributed by atoms with van der Waals surface area (Å²) < 4.78 is 5.44. The van der Waals surface area contributed by atoms with E-state index in [0.717, 1.165) is 32.6 Å². The normalized spacial score (nSPS) is 20.6. The van der Waals surface area contributed by atoms with E-state index in [-0.39, 0.29) is 36.1 Å². The van der Waals surface area contributed by atoms with Crippen molar-refractivity contribution in [2.45, 2.75) is 30.7 Å². The zero-order valence-corrected chi connectivity index (χ0v) is 21.3. The van der Waals surface area contributed by atoms with Gasteiger partial charge in [0.2, 0.25) is 5.91 Å². The van der Waals surface area contributed by atoms with Crippen LogP contribution in [-0.2, 0) is 16.1 Å². The Morgan fingerprint density at radius 1 is 1.29 bits per heavy atom. The molecule has 0 spiro atoms. The van der Waals surface area contributed by atoms with Crippen molar-refractivity contribution in [3.63, 3.8) is 0 Å². The Balaban J connectivity index is 1.43. The van der Waals surface area contributed by atoms with Crippen LogP contribution in [0.4, 0.5) is 10.5 Å². The molecule has 0 unspecified atom stereocenters. The minimum Gasteiger partial charge on any atom is -0.445 e. The number of nitro groups is 1. The van der Waals surface area contributed by atoms with Crippen molar-refractivity contribution in [2.24, 2.45) is 0 Å². The van der Waals surface area contributed by atoms with Gasteiger partial charge in [0, 0.05) is 74.1 Å². The first-order valence-corrected chi connectivity index (χ1v) is 13.4. The topological polar surface area (TPSA) is 128 Å². The van der Waals surface area contributed by atoms with Crippen LogP contribution in [0.15, 0.2) is 24.3 Å². The number of rotatable bonds is 11. The van der Waals surface area contributed by atoms with Crippen molar-refractivity contribution in [3.8, 4) is 0 Å². The molecular weight excluding hydrogens is 494 g/mol. The predicted molar refractivity (Wildman–Crippen MR) is 136 cm³/mol. The molecule has 0 aromatic heterocycles. The van der Waals surface area contributed by atoms with E-state index in [9.17, 15) is 24.8 Å². The molecule has 0 bridgehead atoms. The number of aliphatic hydroxyl groups excluding tert-OH is 1. The Bertz CT molecular complexity index is 855. The standard InChI is InChI=1S/C22H33N5O6S2/c28-11-10-26(24-8-6-23-7-9-24)21(29)5-12-35-16-19-13-20(34)14-25(19)22(30)33-15-17-1-3-18(4-2-17)27(31)32/h1-4,19-20,23,28,34H,5-16H2/t19-,20-/m0/s1. The van der Waals surface area contributed by atoms with Gasteiger partial charge in [0.25, 0.3) is 5.69 Å². The van der Waals surface area contributed by atoms with Crippen LogP contribution in [0, 0.1) is 10.1 Å². The third-order valence-electron chi connectivity index (χ3n) is 5.94. The second-order valence-electron chi connectivity index (χ2n) is 8.44. The molecule has 1 aromatic rings. The van der Waals surface area contributed by atoms with Gasteiger partial charge < -0.3 is 20.1 Å². The average molecular weight is 528 g/mol. The van der Waals surface area contributed by atoms with Crippen molar-refractivity contribution >= 4 is 42.1 Å². The lowest BCUT2D eigenvalue weighted by atomic mass is 10.2. The summed E-state index contributed by atoms with van der Waals surface area (Å²) in [5.41, 5.74) is 0.660. The summed E-state index contributed by atoms with van der Waals surface area (Å²) in [4.78, 5) is 37.4. The van der Waals surface area contributed by atoms with Gasteiger partial charge in [-0.15, -0.1) is 0 Å². The van der Waals surface area contributed by atoms with E-state index in [1.807, 2.05) is 5.01 Å². The van der Waals surface area contributed by atoms with Gasteiger partial charge in [0.15, 0.2) is 0 Å². The summed E-state index contributed by atoms with van der Waals surface area (Å²) in [5.74, 6) is 1.28. The van der Waals surface area contributed by atoms with Crippen molar-refractivity contribution in [3.05, 3.63) is 39.9 Å². The molecule has 3 rings (SSSR count). The quantitative estimate of drug-likeness (QED) is 0.169. The molecule has 2 amide bonds. The van der Waals surface area contributed by atoms with Crippen LogP contribution in [0.3, 0.4) is 0 Å². The average Bonchev–Trinajstić information content (AvgIpc) is 3.24. The third-order valence-corrected chi connectivity index (χ3v) is 7.43. The van der Waals surface area contributed by atoms with Crippen molar-refractivity contribution in [2.75, 3.05) is 57.4 Å². The third kappa shape index (κ3) is 8.24. The number of thiol groups is 1. The van der Waals surface area contributed by atoms with Gasteiger partial charge in [-0.25, -0.2) is 9.80 Å². The number of nitro benzene ring substituents is 1. The summed E-state index contributed by atoms with van der Waals surface area (Å²) in [6, 6.07) is 5.87. The molecule has 2 fully saturated rings.